The summed E-state index contributed by atoms with van der Waals surface area (Å²) in [7, 11) is 0. The van der Waals surface area contributed by atoms with Crippen molar-refractivity contribution in [3.63, 3.8) is 0 Å². The van der Waals surface area contributed by atoms with E-state index in [9.17, 15) is 19.8 Å². The Labute approximate surface area is 352 Å². The Morgan fingerprint density at radius 3 is 1.08 bits per heavy atom. The highest BCUT2D eigenvalue weighted by Crippen LogP contribution is 2.35. The van der Waals surface area contributed by atoms with E-state index in [1.165, 1.54) is 0 Å². The van der Waals surface area contributed by atoms with Gasteiger partial charge in [-0.25, -0.2) is 0 Å². The van der Waals surface area contributed by atoms with Gasteiger partial charge in [0, 0.05) is 23.7 Å². The quantitative estimate of drug-likeness (QED) is 0.0414. The molecule has 4 unspecified atom stereocenters. The van der Waals surface area contributed by atoms with E-state index in [2.05, 4.69) is 52.0 Å². The Morgan fingerprint density at radius 2 is 0.800 bits per heavy atom. The van der Waals surface area contributed by atoms with Crippen LogP contribution in [0.15, 0.2) is 97.1 Å². The van der Waals surface area contributed by atoms with Crippen molar-refractivity contribution in [1.82, 2.24) is 0 Å². The zero-order chi connectivity index (χ0) is 42.5. The van der Waals surface area contributed by atoms with E-state index in [0.717, 1.165) is 47.0 Å². The van der Waals surface area contributed by atoms with Gasteiger partial charge in [0.15, 0.2) is 0 Å². The van der Waals surface area contributed by atoms with Gasteiger partial charge >= 0.3 is 11.9 Å². The molecule has 0 aromatic heterocycles. The summed E-state index contributed by atoms with van der Waals surface area (Å²) in [6.45, 7) is 10.8. The highest BCUT2D eigenvalue weighted by Gasteiger charge is 2.27. The number of benzene rings is 4. The number of unbranched alkanes of at least 4 members (excludes halogenated alkanes) is 1. The van der Waals surface area contributed by atoms with Gasteiger partial charge in [0.25, 0.3) is 0 Å². The fourth-order valence-electron chi connectivity index (χ4n) is 6.45. The number of esters is 2. The van der Waals surface area contributed by atoms with E-state index < -0.39 is 24.1 Å². The maximum absolute atomic E-state index is 12.2. The molecule has 60 heavy (non-hydrogen) atoms. The summed E-state index contributed by atoms with van der Waals surface area (Å²) >= 11 is 0. The molecule has 2 fully saturated rings. The molecule has 0 spiro atoms. The molecule has 0 radical (unpaired) electrons. The van der Waals surface area contributed by atoms with Crippen LogP contribution in [0.2, 0.25) is 0 Å². The van der Waals surface area contributed by atoms with Gasteiger partial charge in [0.1, 0.15) is 87.1 Å². The van der Waals surface area contributed by atoms with Gasteiger partial charge in [-0.1, -0.05) is 76.2 Å². The van der Waals surface area contributed by atoms with Gasteiger partial charge in [-0.15, -0.1) is 0 Å². The summed E-state index contributed by atoms with van der Waals surface area (Å²) in [4.78, 5) is 24.5. The Kier molecular flexibility index (Phi) is 15.5. The molecule has 2 aliphatic heterocycles. The largest absolute Gasteiger partial charge is 0.491 e. The lowest BCUT2D eigenvalue weighted by atomic mass is 9.78. The molecule has 0 aliphatic carbocycles. The fraction of sp³-hybridized carbons (Fsp3) is 0.458. The Morgan fingerprint density at radius 1 is 0.517 bits per heavy atom. The lowest BCUT2D eigenvalue weighted by Crippen LogP contribution is -2.25. The van der Waals surface area contributed by atoms with Crippen molar-refractivity contribution in [2.75, 3.05) is 52.9 Å². The van der Waals surface area contributed by atoms with E-state index in [0.29, 0.717) is 37.6 Å². The molecule has 4 aromatic carbocycles. The minimum absolute atomic E-state index is 0.0412. The predicted molar refractivity (Wildman–Crippen MR) is 224 cm³/mol. The molecule has 6 rings (SSSR count). The summed E-state index contributed by atoms with van der Waals surface area (Å²) in [5.41, 5.74) is 3.98. The monoisotopic (exact) mass is 826 g/mol. The molecular formula is C48H58O12. The number of epoxide rings is 2. The molecule has 2 heterocycles. The first kappa shape index (κ1) is 44.4. The summed E-state index contributed by atoms with van der Waals surface area (Å²) < 4.78 is 43.8. The Bertz CT molecular complexity index is 1790. The van der Waals surface area contributed by atoms with E-state index in [1.807, 2.05) is 72.8 Å². The minimum atomic E-state index is -1.00. The second-order valence-electron chi connectivity index (χ2n) is 16.4. The molecule has 12 nitrogen and oxygen atoms in total. The number of rotatable bonds is 25. The first-order valence-electron chi connectivity index (χ1n) is 20.7. The second kappa shape index (κ2) is 20.9. The number of ether oxygens (including phenoxy) is 8. The zero-order valence-corrected chi connectivity index (χ0v) is 35.0. The first-order valence-corrected chi connectivity index (χ1v) is 20.7. The molecule has 0 saturated carbocycles. The third-order valence-corrected chi connectivity index (χ3v) is 10.8. The first-order chi connectivity index (χ1) is 28.8. The molecular weight excluding hydrogens is 769 g/mol. The molecule has 2 aliphatic rings. The van der Waals surface area contributed by atoms with Crippen LogP contribution in [0.5, 0.6) is 23.0 Å². The lowest BCUT2D eigenvalue weighted by molar-refractivity contribution is -0.149. The summed E-state index contributed by atoms with van der Waals surface area (Å²) in [6.07, 6.45) is -0.586. The molecule has 0 bridgehead atoms. The van der Waals surface area contributed by atoms with Crippen LogP contribution in [0.25, 0.3) is 0 Å². The summed E-state index contributed by atoms with van der Waals surface area (Å²) in [5, 5.41) is 20.7. The fourth-order valence-corrected chi connectivity index (χ4v) is 6.45. The molecule has 4 atom stereocenters. The topological polar surface area (TPSA) is 155 Å². The molecule has 322 valence electrons. The van der Waals surface area contributed by atoms with Gasteiger partial charge in [-0.2, -0.15) is 0 Å². The van der Waals surface area contributed by atoms with Crippen molar-refractivity contribution in [3.05, 3.63) is 119 Å². The van der Waals surface area contributed by atoms with Crippen LogP contribution in [-0.4, -0.2) is 99.4 Å². The summed E-state index contributed by atoms with van der Waals surface area (Å²) in [6, 6.07) is 31.6. The summed E-state index contributed by atoms with van der Waals surface area (Å²) in [5.74, 6) is 1.86. The minimum Gasteiger partial charge on any atom is -0.491 e. The SMILES string of the molecule is CC(C)(c1ccc(OCC(O)COC(=O)CCCCC(=O)OCC(O)COc2ccc(C(C)(C)c3ccc(OCC4CO4)cc3)cc2)cc1)c1ccc(OCC2CO2)cc1. The van der Waals surface area contributed by atoms with Crippen molar-refractivity contribution < 1.29 is 57.7 Å². The van der Waals surface area contributed by atoms with E-state index in [1.54, 1.807) is 0 Å². The number of aliphatic hydroxyl groups excluding tert-OH is 2. The standard InChI is InChI=1S/C48H58O12/c1-47(2,35-13-21-41(22-14-35)55-29-43-31-57-43)33-9-17-39(18-10-33)53-25-37(49)27-59-45(51)7-5-6-8-46(52)60-28-38(50)26-54-40-19-11-34(12-20-40)48(3,4)36-15-23-42(24-16-36)56-30-44-32-58-44/h9-24,37-38,43-44,49-50H,5-8,25-32H2,1-4H3. The van der Waals surface area contributed by atoms with E-state index >= 15 is 0 Å². The smallest absolute Gasteiger partial charge is 0.305 e. The number of hydrogen-bond donors (Lipinski definition) is 2. The zero-order valence-electron chi connectivity index (χ0n) is 35.0. The molecule has 0 amide bonds. The predicted octanol–water partition coefficient (Wildman–Crippen LogP) is 6.72. The maximum atomic E-state index is 12.2. The van der Waals surface area contributed by atoms with Crippen LogP contribution in [0.4, 0.5) is 0 Å². The van der Waals surface area contributed by atoms with Crippen molar-refractivity contribution >= 4 is 11.9 Å². The van der Waals surface area contributed by atoms with E-state index in [-0.39, 0.29) is 62.3 Å². The number of carbonyl (C=O) groups is 2. The van der Waals surface area contributed by atoms with Gasteiger partial charge in [-0.3, -0.25) is 9.59 Å². The van der Waals surface area contributed by atoms with Gasteiger partial charge in [-0.05, 0) is 83.6 Å². The van der Waals surface area contributed by atoms with Crippen LogP contribution < -0.4 is 18.9 Å². The maximum Gasteiger partial charge on any atom is 0.305 e. The van der Waals surface area contributed by atoms with Crippen molar-refractivity contribution in [2.45, 2.75) is 88.6 Å². The number of carbonyl (C=O) groups excluding carboxylic acids is 2. The average Bonchev–Trinajstić information content (AvgIpc) is 4.21. The van der Waals surface area contributed by atoms with Crippen molar-refractivity contribution in [2.24, 2.45) is 0 Å². The lowest BCUT2D eigenvalue weighted by Gasteiger charge is -2.26. The van der Waals surface area contributed by atoms with Crippen molar-refractivity contribution in [1.29, 1.82) is 0 Å². The van der Waals surface area contributed by atoms with Crippen LogP contribution >= 0.6 is 0 Å². The number of aliphatic hydroxyl groups is 2. The van der Waals surface area contributed by atoms with Crippen LogP contribution in [-0.2, 0) is 39.4 Å². The highest BCUT2D eigenvalue weighted by molar-refractivity contribution is 5.70. The van der Waals surface area contributed by atoms with Crippen LogP contribution in [0, 0.1) is 0 Å². The Balaban J connectivity index is 0.792. The molecule has 2 N–H and O–H groups in total. The highest BCUT2D eigenvalue weighted by atomic mass is 16.6. The normalized spacial score (nSPS) is 16.9. The van der Waals surface area contributed by atoms with Crippen LogP contribution in [0.1, 0.15) is 75.6 Å². The third-order valence-electron chi connectivity index (χ3n) is 10.8. The Hall–Kier alpha value is -5.14. The second-order valence-corrected chi connectivity index (χ2v) is 16.4. The van der Waals surface area contributed by atoms with Gasteiger partial charge in [0.05, 0.1) is 13.2 Å². The molecule has 12 heteroatoms. The van der Waals surface area contributed by atoms with Gasteiger partial charge < -0.3 is 48.1 Å². The van der Waals surface area contributed by atoms with Crippen LogP contribution in [0.3, 0.4) is 0 Å². The van der Waals surface area contributed by atoms with Gasteiger partial charge in [0.2, 0.25) is 0 Å². The third kappa shape index (κ3) is 13.7. The average molecular weight is 827 g/mol. The van der Waals surface area contributed by atoms with Crippen molar-refractivity contribution in [3.8, 4) is 23.0 Å². The molecule has 2 saturated heterocycles. The molecule has 4 aromatic rings. The number of hydrogen-bond acceptors (Lipinski definition) is 12. The van der Waals surface area contributed by atoms with E-state index in [4.69, 9.17) is 37.9 Å².